The molecule has 1 amide bonds. The number of likely N-dealkylation sites (tertiary alicyclic amines) is 2. The minimum atomic E-state index is 0.326. The molecule has 3 rings (SSSR count). The fraction of sp³-hybridized carbons (Fsp3) is 0.533. The lowest BCUT2D eigenvalue weighted by molar-refractivity contribution is -0.127. The van der Waals surface area contributed by atoms with Crippen LogP contribution in [0.1, 0.15) is 18.4 Å². The number of hydrogen-bond donors (Lipinski definition) is 0. The van der Waals surface area contributed by atoms with Gasteiger partial charge in [0.15, 0.2) is 0 Å². The molecule has 18 heavy (non-hydrogen) atoms. The summed E-state index contributed by atoms with van der Waals surface area (Å²) in [7, 11) is 1.96. The average molecular weight is 244 g/mol. The highest BCUT2D eigenvalue weighted by Crippen LogP contribution is 2.31. The summed E-state index contributed by atoms with van der Waals surface area (Å²) in [5.41, 5.74) is 1.37. The van der Waals surface area contributed by atoms with Gasteiger partial charge in [-0.05, 0) is 12.0 Å². The summed E-state index contributed by atoms with van der Waals surface area (Å²) in [4.78, 5) is 16.2. The maximum Gasteiger partial charge on any atom is 0.222 e. The van der Waals surface area contributed by atoms with Crippen molar-refractivity contribution in [2.75, 3.05) is 20.1 Å². The largest absolute Gasteiger partial charge is 0.342 e. The number of carbonyl (C=O) groups excluding carboxylic acids is 1. The van der Waals surface area contributed by atoms with Crippen molar-refractivity contribution in [3.8, 4) is 0 Å². The second kappa shape index (κ2) is 4.73. The topological polar surface area (TPSA) is 23.6 Å². The Morgan fingerprint density at radius 2 is 2.06 bits per heavy atom. The van der Waals surface area contributed by atoms with E-state index in [9.17, 15) is 4.79 Å². The lowest BCUT2D eigenvalue weighted by atomic mass is 9.92. The highest BCUT2D eigenvalue weighted by molar-refractivity contribution is 5.79. The predicted octanol–water partition coefficient (Wildman–Crippen LogP) is 1.74. The molecule has 2 saturated heterocycles. The van der Waals surface area contributed by atoms with E-state index in [1.54, 1.807) is 0 Å². The van der Waals surface area contributed by atoms with Crippen molar-refractivity contribution in [3.63, 3.8) is 0 Å². The van der Waals surface area contributed by atoms with Crippen molar-refractivity contribution in [1.29, 1.82) is 0 Å². The molecule has 0 bridgehead atoms. The van der Waals surface area contributed by atoms with Crippen molar-refractivity contribution in [2.24, 2.45) is 5.92 Å². The fourth-order valence-corrected chi connectivity index (χ4v) is 3.34. The van der Waals surface area contributed by atoms with E-state index < -0.39 is 0 Å². The molecule has 2 aliphatic rings. The van der Waals surface area contributed by atoms with Crippen molar-refractivity contribution in [3.05, 3.63) is 35.9 Å². The van der Waals surface area contributed by atoms with Crippen LogP contribution in [0.4, 0.5) is 0 Å². The van der Waals surface area contributed by atoms with Crippen LogP contribution >= 0.6 is 0 Å². The normalized spacial score (nSPS) is 28.5. The number of nitrogens with zero attached hydrogens (tertiary/aromatic N) is 2. The molecule has 1 unspecified atom stereocenters. The molecule has 3 nitrogen and oxygen atoms in total. The van der Waals surface area contributed by atoms with Gasteiger partial charge in [0.1, 0.15) is 0 Å². The van der Waals surface area contributed by atoms with Crippen LogP contribution in [0.3, 0.4) is 0 Å². The first-order valence-electron chi connectivity index (χ1n) is 6.76. The van der Waals surface area contributed by atoms with Crippen LogP contribution in [0.2, 0.25) is 0 Å². The minimum absolute atomic E-state index is 0.326. The highest BCUT2D eigenvalue weighted by atomic mass is 16.2. The van der Waals surface area contributed by atoms with Crippen LogP contribution in [0.25, 0.3) is 0 Å². The number of fused-ring (bicyclic) bond motifs is 1. The fourth-order valence-electron chi connectivity index (χ4n) is 3.34. The summed E-state index contributed by atoms with van der Waals surface area (Å²) in [5, 5.41) is 0. The number of hydrogen-bond acceptors (Lipinski definition) is 2. The van der Waals surface area contributed by atoms with Crippen molar-refractivity contribution >= 4 is 5.91 Å². The molecule has 1 aromatic rings. The summed E-state index contributed by atoms with van der Waals surface area (Å²) >= 11 is 0. The van der Waals surface area contributed by atoms with Gasteiger partial charge in [-0.1, -0.05) is 30.3 Å². The molecule has 0 saturated carbocycles. The Balaban J connectivity index is 1.63. The van der Waals surface area contributed by atoms with E-state index >= 15 is 0 Å². The molecule has 0 aliphatic carbocycles. The zero-order valence-electron chi connectivity index (χ0n) is 10.9. The Kier molecular flexibility index (Phi) is 3.08. The zero-order valence-corrected chi connectivity index (χ0v) is 10.9. The van der Waals surface area contributed by atoms with Gasteiger partial charge in [-0.2, -0.15) is 0 Å². The van der Waals surface area contributed by atoms with Gasteiger partial charge in [-0.15, -0.1) is 0 Å². The zero-order chi connectivity index (χ0) is 12.5. The van der Waals surface area contributed by atoms with E-state index in [-0.39, 0.29) is 0 Å². The highest BCUT2D eigenvalue weighted by Gasteiger charge is 2.40. The molecule has 2 heterocycles. The van der Waals surface area contributed by atoms with Crippen LogP contribution in [0.15, 0.2) is 30.3 Å². The van der Waals surface area contributed by atoms with Gasteiger partial charge in [0.05, 0.1) is 0 Å². The van der Waals surface area contributed by atoms with Crippen LogP contribution in [-0.2, 0) is 11.3 Å². The van der Waals surface area contributed by atoms with Crippen LogP contribution in [-0.4, -0.2) is 41.9 Å². The maximum absolute atomic E-state index is 11.7. The van der Waals surface area contributed by atoms with Crippen molar-refractivity contribution < 1.29 is 4.79 Å². The molecule has 0 aromatic heterocycles. The summed E-state index contributed by atoms with van der Waals surface area (Å²) < 4.78 is 0. The molecule has 2 atom stereocenters. The Hall–Kier alpha value is -1.35. The SMILES string of the molecule is CN1C(=O)C[C@H]2CN(Cc3ccccc3)CCC21. The Labute approximate surface area is 108 Å². The van der Waals surface area contributed by atoms with Gasteiger partial charge < -0.3 is 4.90 Å². The standard InChI is InChI=1S/C15H20N2O/c1-16-14-7-8-17(11-13(14)9-15(16)18)10-12-5-3-2-4-6-12/h2-6,13-14H,7-11H2,1H3/t13-,14?/m0/s1. The predicted molar refractivity (Wildman–Crippen MR) is 71.0 cm³/mol. The lowest BCUT2D eigenvalue weighted by Gasteiger charge is -2.36. The third-order valence-corrected chi connectivity index (χ3v) is 4.35. The summed E-state index contributed by atoms with van der Waals surface area (Å²) in [5.74, 6) is 0.867. The third-order valence-electron chi connectivity index (χ3n) is 4.35. The van der Waals surface area contributed by atoms with E-state index in [0.29, 0.717) is 17.9 Å². The molecule has 3 heteroatoms. The van der Waals surface area contributed by atoms with E-state index in [2.05, 4.69) is 35.2 Å². The molecule has 2 fully saturated rings. The number of benzene rings is 1. The number of piperidine rings is 1. The number of rotatable bonds is 2. The first-order valence-corrected chi connectivity index (χ1v) is 6.76. The van der Waals surface area contributed by atoms with E-state index in [4.69, 9.17) is 0 Å². The van der Waals surface area contributed by atoms with Gasteiger partial charge in [-0.25, -0.2) is 0 Å². The smallest absolute Gasteiger partial charge is 0.222 e. The summed E-state index contributed by atoms with van der Waals surface area (Å²) in [6.45, 7) is 3.19. The van der Waals surface area contributed by atoms with Gasteiger partial charge in [0.25, 0.3) is 0 Å². The molecule has 1 aromatic carbocycles. The second-order valence-electron chi connectivity index (χ2n) is 5.55. The monoisotopic (exact) mass is 244 g/mol. The van der Waals surface area contributed by atoms with Crippen LogP contribution < -0.4 is 0 Å². The van der Waals surface area contributed by atoms with Crippen LogP contribution in [0, 0.1) is 5.92 Å². The van der Waals surface area contributed by atoms with E-state index in [1.807, 2.05) is 11.9 Å². The van der Waals surface area contributed by atoms with Gasteiger partial charge >= 0.3 is 0 Å². The van der Waals surface area contributed by atoms with E-state index in [0.717, 1.165) is 32.5 Å². The van der Waals surface area contributed by atoms with Gasteiger partial charge in [0, 0.05) is 45.1 Å². The Bertz CT molecular complexity index is 431. The van der Waals surface area contributed by atoms with Gasteiger partial charge in [0.2, 0.25) is 5.91 Å². The molecule has 96 valence electrons. The number of amides is 1. The minimum Gasteiger partial charge on any atom is -0.342 e. The molecule has 0 N–H and O–H groups in total. The Morgan fingerprint density at radius 1 is 1.28 bits per heavy atom. The molecule has 0 radical (unpaired) electrons. The lowest BCUT2D eigenvalue weighted by Crippen LogP contribution is -2.44. The number of carbonyl (C=O) groups is 1. The summed E-state index contributed by atoms with van der Waals surface area (Å²) in [6, 6.07) is 11.1. The second-order valence-corrected chi connectivity index (χ2v) is 5.55. The quantitative estimate of drug-likeness (QED) is 0.791. The first kappa shape index (κ1) is 11.7. The third kappa shape index (κ3) is 2.15. The average Bonchev–Trinajstić information content (AvgIpc) is 2.66. The van der Waals surface area contributed by atoms with Crippen LogP contribution in [0.5, 0.6) is 0 Å². The first-order chi connectivity index (χ1) is 8.74. The maximum atomic E-state index is 11.7. The van der Waals surface area contributed by atoms with Crippen molar-refractivity contribution in [1.82, 2.24) is 9.80 Å². The van der Waals surface area contributed by atoms with E-state index in [1.165, 1.54) is 5.56 Å². The summed E-state index contributed by atoms with van der Waals surface area (Å²) in [6.07, 6.45) is 1.87. The molecular weight excluding hydrogens is 224 g/mol. The molecular formula is C15H20N2O. The van der Waals surface area contributed by atoms with Gasteiger partial charge in [-0.3, -0.25) is 9.69 Å². The Morgan fingerprint density at radius 3 is 2.83 bits per heavy atom. The van der Waals surface area contributed by atoms with Crippen molar-refractivity contribution in [2.45, 2.75) is 25.4 Å². The molecule has 2 aliphatic heterocycles. The molecule has 0 spiro atoms.